The van der Waals surface area contributed by atoms with Gasteiger partial charge in [-0.1, -0.05) is 0 Å². The van der Waals surface area contributed by atoms with E-state index in [-0.39, 0.29) is 12.5 Å². The van der Waals surface area contributed by atoms with Gasteiger partial charge in [-0.25, -0.2) is 0 Å². The Labute approximate surface area is 115 Å². The molecule has 0 saturated carbocycles. The van der Waals surface area contributed by atoms with Gasteiger partial charge in [0.15, 0.2) is 5.65 Å². The minimum atomic E-state index is -0.630. The van der Waals surface area contributed by atoms with Gasteiger partial charge in [0.25, 0.3) is 0 Å². The fourth-order valence-corrected chi connectivity index (χ4v) is 2.66. The number of rotatable bonds is 3. The van der Waals surface area contributed by atoms with Gasteiger partial charge in [-0.05, 0) is 18.8 Å². The Morgan fingerprint density at radius 1 is 1.40 bits per heavy atom. The van der Waals surface area contributed by atoms with Crippen LogP contribution in [0.3, 0.4) is 0 Å². The maximum atomic E-state index is 9.67. The van der Waals surface area contributed by atoms with E-state index in [1.165, 1.54) is 6.33 Å². The largest absolute Gasteiger partial charge is 0.394 e. The summed E-state index contributed by atoms with van der Waals surface area (Å²) in [7, 11) is 0. The van der Waals surface area contributed by atoms with Crippen molar-refractivity contribution in [1.82, 2.24) is 19.6 Å². The van der Waals surface area contributed by atoms with Gasteiger partial charge >= 0.3 is 0 Å². The zero-order valence-electron chi connectivity index (χ0n) is 11.1. The molecule has 1 aliphatic rings. The molecule has 3 rings (SSSR count). The number of hydrogen-bond acceptors (Lipinski definition) is 7. The molecule has 1 aliphatic heterocycles. The van der Waals surface area contributed by atoms with E-state index in [4.69, 9.17) is 10.8 Å². The molecule has 1 saturated heterocycles. The number of nitrogens with zero attached hydrogens (tertiary/aromatic N) is 5. The molecule has 1 unspecified atom stereocenters. The number of nitrogens with two attached hydrogens (primary N) is 1. The second-order valence-electron chi connectivity index (χ2n) is 5.11. The predicted octanol–water partition coefficient (Wildman–Crippen LogP) is -0.724. The summed E-state index contributed by atoms with van der Waals surface area (Å²) in [5.41, 5.74) is 6.55. The van der Waals surface area contributed by atoms with Crippen molar-refractivity contribution in [1.29, 1.82) is 0 Å². The summed E-state index contributed by atoms with van der Waals surface area (Å²) in [5, 5.41) is 26.5. The van der Waals surface area contributed by atoms with Crippen molar-refractivity contribution in [3.8, 4) is 0 Å². The Hall–Kier alpha value is -1.93. The first-order valence-electron chi connectivity index (χ1n) is 6.69. The summed E-state index contributed by atoms with van der Waals surface area (Å²) < 4.78 is 1.63. The number of hydrogen-bond donors (Lipinski definition) is 3. The van der Waals surface area contributed by atoms with Gasteiger partial charge in [0.1, 0.15) is 12.1 Å². The molecule has 0 aromatic carbocycles. The molecule has 8 nitrogen and oxygen atoms in total. The molecule has 0 bridgehead atoms. The van der Waals surface area contributed by atoms with Crippen molar-refractivity contribution in [3.05, 3.63) is 12.4 Å². The first-order valence-corrected chi connectivity index (χ1v) is 6.69. The van der Waals surface area contributed by atoms with Gasteiger partial charge in [-0.3, -0.25) is 4.40 Å². The van der Waals surface area contributed by atoms with Crippen LogP contribution in [0.2, 0.25) is 0 Å². The van der Waals surface area contributed by atoms with Crippen LogP contribution in [0.15, 0.2) is 12.4 Å². The van der Waals surface area contributed by atoms with E-state index in [0.717, 1.165) is 31.7 Å². The highest BCUT2D eigenvalue weighted by Crippen LogP contribution is 2.25. The van der Waals surface area contributed by atoms with Crippen LogP contribution in [0, 0.1) is 5.92 Å². The van der Waals surface area contributed by atoms with Crippen molar-refractivity contribution in [2.75, 3.05) is 30.3 Å². The lowest BCUT2D eigenvalue weighted by Gasteiger charge is -2.34. The summed E-state index contributed by atoms with van der Waals surface area (Å²) in [4.78, 5) is 6.48. The van der Waals surface area contributed by atoms with Gasteiger partial charge < -0.3 is 20.8 Å². The summed E-state index contributed by atoms with van der Waals surface area (Å²) in [6.07, 6.45) is 2.54. The van der Waals surface area contributed by atoms with Crippen LogP contribution < -0.4 is 10.6 Å². The minimum absolute atomic E-state index is 0.144. The molecule has 20 heavy (non-hydrogen) atoms. The highest BCUT2D eigenvalue weighted by molar-refractivity contribution is 5.55. The molecule has 0 amide bonds. The minimum Gasteiger partial charge on any atom is -0.394 e. The van der Waals surface area contributed by atoms with E-state index in [1.54, 1.807) is 4.40 Å². The van der Waals surface area contributed by atoms with Crippen LogP contribution >= 0.6 is 0 Å². The van der Waals surface area contributed by atoms with E-state index in [1.807, 2.05) is 6.07 Å². The normalized spacial score (nSPS) is 18.6. The molecule has 0 spiro atoms. The molecule has 1 fully saturated rings. The third-order valence-electron chi connectivity index (χ3n) is 3.90. The predicted molar refractivity (Wildman–Crippen MR) is 73.2 cm³/mol. The summed E-state index contributed by atoms with van der Waals surface area (Å²) in [6, 6.07) is 1.85. The van der Waals surface area contributed by atoms with Crippen LogP contribution in [-0.2, 0) is 0 Å². The first kappa shape index (κ1) is 13.1. The number of aliphatic hydroxyl groups is 2. The maximum absolute atomic E-state index is 9.67. The van der Waals surface area contributed by atoms with E-state index in [9.17, 15) is 5.11 Å². The summed E-state index contributed by atoms with van der Waals surface area (Å²) in [6.45, 7) is 1.37. The van der Waals surface area contributed by atoms with E-state index in [0.29, 0.717) is 11.6 Å². The summed E-state index contributed by atoms with van der Waals surface area (Å²) >= 11 is 0. The second-order valence-corrected chi connectivity index (χ2v) is 5.11. The third kappa shape index (κ3) is 2.27. The molecule has 2 aromatic heterocycles. The lowest BCUT2D eigenvalue weighted by atomic mass is 9.91. The van der Waals surface area contributed by atoms with Crippen LogP contribution in [0.5, 0.6) is 0 Å². The van der Waals surface area contributed by atoms with Crippen LogP contribution in [0.25, 0.3) is 5.65 Å². The lowest BCUT2D eigenvalue weighted by Crippen LogP contribution is -2.39. The fraction of sp³-hybridized carbons (Fsp3) is 0.583. The second kappa shape index (κ2) is 5.22. The standard InChI is InChI=1S/C12H18N6O2/c13-12-15-10(5-11-16-14-7-18(11)12)17-3-1-8(2-4-17)9(20)6-19/h5,7-9,19-20H,1-4,6H2,(H2,13,15). The van der Waals surface area contributed by atoms with Crippen LogP contribution in [0.1, 0.15) is 12.8 Å². The van der Waals surface area contributed by atoms with E-state index in [2.05, 4.69) is 20.1 Å². The van der Waals surface area contributed by atoms with Crippen molar-refractivity contribution in [2.24, 2.45) is 5.92 Å². The van der Waals surface area contributed by atoms with Crippen molar-refractivity contribution < 1.29 is 10.2 Å². The zero-order valence-corrected chi connectivity index (χ0v) is 11.1. The maximum Gasteiger partial charge on any atom is 0.209 e. The molecular weight excluding hydrogens is 260 g/mol. The monoisotopic (exact) mass is 278 g/mol. The lowest BCUT2D eigenvalue weighted by molar-refractivity contribution is 0.0376. The smallest absolute Gasteiger partial charge is 0.209 e. The van der Waals surface area contributed by atoms with Crippen molar-refractivity contribution >= 4 is 17.4 Å². The molecule has 0 radical (unpaired) electrons. The molecule has 2 aromatic rings. The quantitative estimate of drug-likeness (QED) is 0.678. The van der Waals surface area contributed by atoms with Gasteiger partial charge in [-0.2, -0.15) is 4.98 Å². The Kier molecular flexibility index (Phi) is 3.41. The first-order chi connectivity index (χ1) is 9.69. The number of nitrogen functional groups attached to an aromatic ring is 1. The number of piperidine rings is 1. The molecule has 3 heterocycles. The fourth-order valence-electron chi connectivity index (χ4n) is 2.66. The number of anilines is 2. The van der Waals surface area contributed by atoms with Gasteiger partial charge in [0.2, 0.25) is 5.95 Å². The molecule has 108 valence electrons. The zero-order chi connectivity index (χ0) is 14.1. The number of fused-ring (bicyclic) bond motifs is 1. The Balaban J connectivity index is 1.76. The third-order valence-corrected chi connectivity index (χ3v) is 3.90. The highest BCUT2D eigenvalue weighted by Gasteiger charge is 2.25. The number of aliphatic hydroxyl groups excluding tert-OH is 2. The average Bonchev–Trinajstić information content (AvgIpc) is 2.95. The van der Waals surface area contributed by atoms with Gasteiger partial charge in [0, 0.05) is 19.2 Å². The molecule has 8 heteroatoms. The van der Waals surface area contributed by atoms with Crippen LogP contribution in [0.4, 0.5) is 11.8 Å². The summed E-state index contributed by atoms with van der Waals surface area (Å²) in [5.74, 6) is 1.28. The molecule has 1 atom stereocenters. The molecule has 4 N–H and O–H groups in total. The average molecular weight is 278 g/mol. The van der Waals surface area contributed by atoms with E-state index < -0.39 is 6.10 Å². The Morgan fingerprint density at radius 2 is 2.15 bits per heavy atom. The van der Waals surface area contributed by atoms with Crippen molar-refractivity contribution in [2.45, 2.75) is 18.9 Å². The Bertz CT molecular complexity index is 593. The number of aromatic nitrogens is 4. The van der Waals surface area contributed by atoms with Crippen molar-refractivity contribution in [3.63, 3.8) is 0 Å². The highest BCUT2D eigenvalue weighted by atomic mass is 16.3. The Morgan fingerprint density at radius 3 is 2.85 bits per heavy atom. The van der Waals surface area contributed by atoms with Gasteiger partial charge in [0.05, 0.1) is 12.7 Å². The molecule has 0 aliphatic carbocycles. The van der Waals surface area contributed by atoms with Crippen LogP contribution in [-0.4, -0.2) is 55.6 Å². The molecular formula is C12H18N6O2. The SMILES string of the molecule is Nc1nc(N2CCC(C(O)CO)CC2)cc2nncn12. The topological polar surface area (TPSA) is 113 Å². The van der Waals surface area contributed by atoms with E-state index >= 15 is 0 Å². The van der Waals surface area contributed by atoms with Gasteiger partial charge in [-0.15, -0.1) is 10.2 Å².